The van der Waals surface area contributed by atoms with E-state index < -0.39 is 23.7 Å². The Bertz CT molecular complexity index is 1250. The van der Waals surface area contributed by atoms with Gasteiger partial charge in [0, 0.05) is 17.8 Å². The number of piperidine rings is 1. The lowest BCUT2D eigenvalue weighted by atomic mass is 9.78. The Kier molecular flexibility index (Phi) is 8.04. The topological polar surface area (TPSA) is 89.1 Å². The van der Waals surface area contributed by atoms with Crippen LogP contribution in [0.4, 0.5) is 5.69 Å². The molecule has 1 fully saturated rings. The summed E-state index contributed by atoms with van der Waals surface area (Å²) in [6.45, 7) is 4.33. The van der Waals surface area contributed by atoms with Crippen LogP contribution in [0.25, 0.3) is 0 Å². The number of hydrogen-bond acceptors (Lipinski definition) is 7. The molecule has 2 aromatic carbocycles. The summed E-state index contributed by atoms with van der Waals surface area (Å²) < 4.78 is 17.5. The molecular formula is C31H37N3O5. The van der Waals surface area contributed by atoms with E-state index >= 15 is 0 Å². The molecule has 0 radical (unpaired) electrons. The fourth-order valence-electron chi connectivity index (χ4n) is 5.78. The number of ether oxygens (including phenoxy) is 3. The van der Waals surface area contributed by atoms with Gasteiger partial charge in [-0.1, -0.05) is 42.5 Å². The lowest BCUT2D eigenvalue weighted by molar-refractivity contribution is -0.138. The summed E-state index contributed by atoms with van der Waals surface area (Å²) in [5, 5.41) is 6.78. The first-order valence-electron chi connectivity index (χ1n) is 13.7. The SMILES string of the molecule is CCOc1cccc(NC(Cc2ccccc2)C23C=CC(O2)C(C(=O)NC2CCN(C)CC2)=C3C(=O)OC)c1. The number of amides is 1. The van der Waals surface area contributed by atoms with Gasteiger partial charge in [0.1, 0.15) is 17.5 Å². The summed E-state index contributed by atoms with van der Waals surface area (Å²) in [5.41, 5.74) is 1.31. The number of carbonyl (C=O) groups is 2. The lowest BCUT2D eigenvalue weighted by Gasteiger charge is -2.36. The summed E-state index contributed by atoms with van der Waals surface area (Å²) in [7, 11) is 3.43. The van der Waals surface area contributed by atoms with E-state index in [4.69, 9.17) is 14.2 Å². The third-order valence-electron chi connectivity index (χ3n) is 7.76. The highest BCUT2D eigenvalue weighted by molar-refractivity contribution is 6.07. The third-order valence-corrected chi connectivity index (χ3v) is 7.76. The first kappa shape index (κ1) is 27.0. The van der Waals surface area contributed by atoms with Crippen molar-refractivity contribution in [2.45, 2.75) is 50.0 Å². The zero-order chi connectivity index (χ0) is 27.4. The van der Waals surface area contributed by atoms with Crippen molar-refractivity contribution >= 4 is 17.6 Å². The Hall–Kier alpha value is -3.62. The van der Waals surface area contributed by atoms with Crippen LogP contribution in [-0.4, -0.2) is 74.4 Å². The van der Waals surface area contributed by atoms with Gasteiger partial charge in [-0.05, 0) is 70.1 Å². The second-order valence-corrected chi connectivity index (χ2v) is 10.4. The van der Waals surface area contributed by atoms with E-state index in [1.165, 1.54) is 7.11 Å². The minimum Gasteiger partial charge on any atom is -0.494 e. The van der Waals surface area contributed by atoms with Gasteiger partial charge >= 0.3 is 5.97 Å². The van der Waals surface area contributed by atoms with Crippen LogP contribution in [0.5, 0.6) is 5.75 Å². The van der Waals surface area contributed by atoms with Gasteiger partial charge in [-0.2, -0.15) is 0 Å². The average molecular weight is 532 g/mol. The van der Waals surface area contributed by atoms with E-state index in [9.17, 15) is 9.59 Å². The van der Waals surface area contributed by atoms with Crippen LogP contribution in [0.3, 0.4) is 0 Å². The van der Waals surface area contributed by atoms with Gasteiger partial charge in [-0.15, -0.1) is 0 Å². The number of hydrogen-bond donors (Lipinski definition) is 2. The number of esters is 1. The number of likely N-dealkylation sites (tertiary alicyclic amines) is 1. The standard InChI is InChI=1S/C31H37N3O5/c1-4-38-24-12-8-11-23(20-24)32-26(19-21-9-6-5-7-10-21)31-16-13-25(39-31)27(28(31)30(36)37-3)29(35)33-22-14-17-34(2)18-15-22/h5-13,16,20,22,25-26,32H,4,14-15,17-19H2,1-3H3,(H,33,35). The molecule has 3 aliphatic heterocycles. The molecule has 2 aromatic rings. The van der Waals surface area contributed by atoms with Gasteiger partial charge < -0.3 is 29.7 Å². The first-order valence-corrected chi connectivity index (χ1v) is 13.7. The average Bonchev–Trinajstić information content (AvgIpc) is 3.53. The Morgan fingerprint density at radius 1 is 1.13 bits per heavy atom. The molecule has 3 aliphatic rings. The maximum Gasteiger partial charge on any atom is 0.337 e. The maximum absolute atomic E-state index is 13.7. The number of methoxy groups -OCH3 is 1. The molecular weight excluding hydrogens is 494 g/mol. The van der Waals surface area contributed by atoms with Gasteiger partial charge in [-0.25, -0.2) is 4.79 Å². The molecule has 2 N–H and O–H groups in total. The van der Waals surface area contributed by atoms with E-state index in [1.54, 1.807) is 0 Å². The van der Waals surface area contributed by atoms with Crippen molar-refractivity contribution in [2.75, 3.05) is 39.2 Å². The van der Waals surface area contributed by atoms with Crippen LogP contribution in [0, 0.1) is 0 Å². The minimum atomic E-state index is -1.19. The van der Waals surface area contributed by atoms with Crippen LogP contribution in [-0.2, 0) is 25.5 Å². The molecule has 0 spiro atoms. The largest absolute Gasteiger partial charge is 0.494 e. The van der Waals surface area contributed by atoms with Gasteiger partial charge in [0.15, 0.2) is 0 Å². The Morgan fingerprint density at radius 2 is 1.90 bits per heavy atom. The van der Waals surface area contributed by atoms with Crippen LogP contribution in [0.2, 0.25) is 0 Å². The second-order valence-electron chi connectivity index (χ2n) is 10.4. The molecule has 2 bridgehead atoms. The highest BCUT2D eigenvalue weighted by Gasteiger charge is 2.58. The summed E-state index contributed by atoms with van der Waals surface area (Å²) in [5.74, 6) is -0.0798. The molecule has 1 saturated heterocycles. The van der Waals surface area contributed by atoms with Crippen molar-refractivity contribution in [1.82, 2.24) is 10.2 Å². The van der Waals surface area contributed by atoms with Gasteiger partial charge in [-0.3, -0.25) is 4.79 Å². The molecule has 3 heterocycles. The fourth-order valence-corrected chi connectivity index (χ4v) is 5.78. The van der Waals surface area contributed by atoms with Crippen molar-refractivity contribution < 1.29 is 23.8 Å². The van der Waals surface area contributed by atoms with Crippen molar-refractivity contribution in [3.05, 3.63) is 83.5 Å². The van der Waals surface area contributed by atoms with Crippen LogP contribution >= 0.6 is 0 Å². The van der Waals surface area contributed by atoms with E-state index in [0.29, 0.717) is 18.6 Å². The zero-order valence-corrected chi connectivity index (χ0v) is 22.8. The van der Waals surface area contributed by atoms with E-state index in [2.05, 4.69) is 22.6 Å². The first-order chi connectivity index (χ1) is 18.9. The van der Waals surface area contributed by atoms with E-state index in [0.717, 1.165) is 42.9 Å². The van der Waals surface area contributed by atoms with Crippen molar-refractivity contribution in [1.29, 1.82) is 0 Å². The number of nitrogens with one attached hydrogen (secondary N) is 2. The zero-order valence-electron chi connectivity index (χ0n) is 22.8. The number of benzene rings is 2. The van der Waals surface area contributed by atoms with Crippen molar-refractivity contribution in [3.63, 3.8) is 0 Å². The predicted octanol–water partition coefficient (Wildman–Crippen LogP) is 3.50. The van der Waals surface area contributed by atoms with Gasteiger partial charge in [0.05, 0.1) is 30.9 Å². The quantitative estimate of drug-likeness (QED) is 0.358. The normalized spacial score (nSPS) is 23.5. The van der Waals surface area contributed by atoms with E-state index in [1.807, 2.05) is 73.7 Å². The van der Waals surface area contributed by atoms with E-state index in [-0.39, 0.29) is 17.5 Å². The lowest BCUT2D eigenvalue weighted by Crippen LogP contribution is -2.50. The van der Waals surface area contributed by atoms with Gasteiger partial charge in [0.2, 0.25) is 0 Å². The smallest absolute Gasteiger partial charge is 0.337 e. The molecule has 0 aliphatic carbocycles. The van der Waals surface area contributed by atoms with Crippen molar-refractivity contribution in [2.24, 2.45) is 0 Å². The summed E-state index contributed by atoms with van der Waals surface area (Å²) in [6, 6.07) is 17.4. The molecule has 0 aromatic heterocycles. The summed E-state index contributed by atoms with van der Waals surface area (Å²) in [4.78, 5) is 29.3. The number of fused-ring (bicyclic) bond motifs is 2. The summed E-state index contributed by atoms with van der Waals surface area (Å²) in [6.07, 6.45) is 5.44. The molecule has 3 unspecified atom stereocenters. The molecule has 39 heavy (non-hydrogen) atoms. The van der Waals surface area contributed by atoms with Crippen LogP contribution in [0.1, 0.15) is 25.3 Å². The van der Waals surface area contributed by atoms with Crippen LogP contribution in [0.15, 0.2) is 77.9 Å². The molecule has 3 atom stereocenters. The maximum atomic E-state index is 13.7. The number of anilines is 1. The molecule has 8 nitrogen and oxygen atoms in total. The van der Waals surface area contributed by atoms with Crippen LogP contribution < -0.4 is 15.4 Å². The fraction of sp³-hybridized carbons (Fsp3) is 0.419. The highest BCUT2D eigenvalue weighted by atomic mass is 16.5. The Labute approximate surface area is 230 Å². The van der Waals surface area contributed by atoms with Gasteiger partial charge in [0.25, 0.3) is 5.91 Å². The second kappa shape index (κ2) is 11.6. The minimum absolute atomic E-state index is 0.0544. The third kappa shape index (κ3) is 5.58. The molecule has 5 rings (SSSR count). The Balaban J connectivity index is 1.51. The molecule has 1 amide bonds. The summed E-state index contributed by atoms with van der Waals surface area (Å²) >= 11 is 0. The number of carbonyl (C=O) groups excluding carboxylic acids is 2. The predicted molar refractivity (Wildman–Crippen MR) is 150 cm³/mol. The molecule has 8 heteroatoms. The monoisotopic (exact) mass is 531 g/mol. The van der Waals surface area contributed by atoms with Crippen molar-refractivity contribution in [3.8, 4) is 5.75 Å². The Morgan fingerprint density at radius 3 is 2.62 bits per heavy atom. The number of rotatable bonds is 10. The number of nitrogens with zero attached hydrogens (tertiary/aromatic N) is 1. The molecule has 206 valence electrons. The highest BCUT2D eigenvalue weighted by Crippen LogP contribution is 2.47. The molecule has 0 saturated carbocycles.